The molecule has 9 heteroatoms. The van der Waals surface area contributed by atoms with Gasteiger partial charge in [0, 0.05) is 19.2 Å². The summed E-state index contributed by atoms with van der Waals surface area (Å²) in [7, 11) is 3.12. The first kappa shape index (κ1) is 23.1. The first-order chi connectivity index (χ1) is 15.4. The average Bonchev–Trinajstić information content (AvgIpc) is 2.80. The van der Waals surface area contributed by atoms with Crippen molar-refractivity contribution < 1.29 is 32.5 Å². The van der Waals surface area contributed by atoms with E-state index in [1.807, 2.05) is 24.3 Å². The molecule has 0 bridgehead atoms. The second kappa shape index (κ2) is 10.6. The highest BCUT2D eigenvalue weighted by atomic mass is 19.3. The number of rotatable bonds is 10. The van der Waals surface area contributed by atoms with E-state index in [0.29, 0.717) is 11.5 Å². The molecule has 1 aromatic heterocycles. The van der Waals surface area contributed by atoms with Gasteiger partial charge in [0.1, 0.15) is 11.5 Å². The third kappa shape index (κ3) is 5.96. The molecule has 1 heterocycles. The lowest BCUT2D eigenvalue weighted by Crippen LogP contribution is -2.24. The van der Waals surface area contributed by atoms with E-state index in [0.717, 1.165) is 17.2 Å². The molecule has 0 fully saturated rings. The summed E-state index contributed by atoms with van der Waals surface area (Å²) in [5, 5.41) is 10.2. The summed E-state index contributed by atoms with van der Waals surface area (Å²) >= 11 is 0. The third-order valence-electron chi connectivity index (χ3n) is 4.66. The highest BCUT2D eigenvalue weighted by Crippen LogP contribution is 2.33. The second-order valence-electron chi connectivity index (χ2n) is 6.88. The molecule has 3 rings (SSSR count). The summed E-state index contributed by atoms with van der Waals surface area (Å²) in [5.74, 6) is -0.700. The molecule has 0 atom stereocenters. The number of nitrogens with zero attached hydrogens (tertiary/aromatic N) is 2. The number of pyridine rings is 1. The maximum atomic E-state index is 14.9. The molecule has 0 spiro atoms. The Morgan fingerprint density at radius 1 is 0.906 bits per heavy atom. The quantitative estimate of drug-likeness (QED) is 0.450. The van der Waals surface area contributed by atoms with Gasteiger partial charge in [-0.15, -0.1) is 0 Å². The molecule has 0 aliphatic rings. The maximum absolute atomic E-state index is 14.9. The molecule has 6 nitrogen and oxygen atoms in total. The molecule has 1 N–H and O–H groups in total. The summed E-state index contributed by atoms with van der Waals surface area (Å²) < 4.78 is 54.7. The number of hydrogen-bond donors (Lipinski definition) is 1. The van der Waals surface area contributed by atoms with Crippen LogP contribution in [0.4, 0.5) is 18.9 Å². The minimum atomic E-state index is -2.78. The van der Waals surface area contributed by atoms with Crippen molar-refractivity contribution in [3.8, 4) is 23.1 Å². The maximum Gasteiger partial charge on any atom is 0.272 e. The first-order valence-corrected chi connectivity index (χ1v) is 9.71. The Kier molecular flexibility index (Phi) is 7.64. The Labute approximate surface area is 183 Å². The van der Waals surface area contributed by atoms with Gasteiger partial charge in [0.2, 0.25) is 5.95 Å². The van der Waals surface area contributed by atoms with Crippen molar-refractivity contribution in [3.63, 3.8) is 0 Å². The van der Waals surface area contributed by atoms with Crippen molar-refractivity contribution in [1.29, 1.82) is 0 Å². The second-order valence-corrected chi connectivity index (χ2v) is 6.88. The van der Waals surface area contributed by atoms with Gasteiger partial charge in [0.15, 0.2) is 12.4 Å². The number of alkyl halides is 2. The van der Waals surface area contributed by atoms with Crippen molar-refractivity contribution in [2.24, 2.45) is 0 Å². The van der Waals surface area contributed by atoms with Crippen LogP contribution in [0.3, 0.4) is 0 Å². The molecule has 170 valence electrons. The smallest absolute Gasteiger partial charge is 0.272 e. The summed E-state index contributed by atoms with van der Waals surface area (Å²) in [6.07, 6.45) is -2.78. The van der Waals surface area contributed by atoms with E-state index in [1.165, 1.54) is 0 Å². The van der Waals surface area contributed by atoms with Crippen LogP contribution in [0, 0.1) is 5.95 Å². The Hall–Kier alpha value is -3.62. The largest absolute Gasteiger partial charge is 0.503 e. The molecular weight excluding hydrogens is 425 g/mol. The SMILES string of the molecule is COc1ccc(CN(Cc2ccc(OC)cc2)c2cc(O)c(OCC(F)F)nc2F)cc1. The lowest BCUT2D eigenvalue weighted by atomic mass is 10.1. The fourth-order valence-corrected chi connectivity index (χ4v) is 3.05. The van der Waals surface area contributed by atoms with Gasteiger partial charge in [-0.25, -0.2) is 8.78 Å². The number of benzene rings is 2. The summed E-state index contributed by atoms with van der Waals surface area (Å²) in [6.45, 7) is -0.433. The number of aromatic hydroxyl groups is 1. The number of hydrogen-bond acceptors (Lipinski definition) is 6. The van der Waals surface area contributed by atoms with Crippen LogP contribution in [-0.2, 0) is 13.1 Å². The number of aromatic nitrogens is 1. The van der Waals surface area contributed by atoms with Crippen LogP contribution in [0.25, 0.3) is 0 Å². The Bertz CT molecular complexity index is 966. The van der Waals surface area contributed by atoms with Crippen LogP contribution < -0.4 is 19.1 Å². The highest BCUT2D eigenvalue weighted by Gasteiger charge is 2.20. The number of ether oxygens (including phenoxy) is 3. The lowest BCUT2D eigenvalue weighted by molar-refractivity contribution is 0.0775. The molecule has 0 saturated heterocycles. The molecule has 0 aliphatic heterocycles. The molecule has 0 amide bonds. The van der Waals surface area contributed by atoms with Crippen molar-refractivity contribution in [1.82, 2.24) is 4.98 Å². The van der Waals surface area contributed by atoms with E-state index < -0.39 is 30.6 Å². The Morgan fingerprint density at radius 3 is 1.84 bits per heavy atom. The van der Waals surface area contributed by atoms with Crippen molar-refractivity contribution in [2.75, 3.05) is 25.7 Å². The first-order valence-electron chi connectivity index (χ1n) is 9.71. The molecular formula is C23H23F3N2O4. The van der Waals surface area contributed by atoms with Gasteiger partial charge in [-0.2, -0.15) is 9.37 Å². The average molecular weight is 448 g/mol. The van der Waals surface area contributed by atoms with Gasteiger partial charge < -0.3 is 24.2 Å². The topological polar surface area (TPSA) is 64.1 Å². The minimum absolute atomic E-state index is 0.00136. The standard InChI is InChI=1S/C23H23F3N2O4/c1-30-17-7-3-15(4-8-17)12-28(13-16-5-9-18(31-2)10-6-16)19-11-20(29)23(27-22(19)26)32-14-21(24)25/h3-11,21,29H,12-14H2,1-2H3. The predicted molar refractivity (Wildman–Crippen MR) is 113 cm³/mol. The monoisotopic (exact) mass is 448 g/mol. The van der Waals surface area contributed by atoms with Crippen LogP contribution in [0.2, 0.25) is 0 Å². The lowest BCUT2D eigenvalue weighted by Gasteiger charge is -2.26. The van der Waals surface area contributed by atoms with Crippen LogP contribution >= 0.6 is 0 Å². The number of methoxy groups -OCH3 is 2. The Balaban J connectivity index is 1.91. The Morgan fingerprint density at radius 2 is 1.41 bits per heavy atom. The molecule has 0 radical (unpaired) electrons. The molecule has 0 saturated carbocycles. The van der Waals surface area contributed by atoms with Gasteiger partial charge >= 0.3 is 0 Å². The van der Waals surface area contributed by atoms with E-state index in [1.54, 1.807) is 43.4 Å². The van der Waals surface area contributed by atoms with Gasteiger partial charge in [-0.1, -0.05) is 24.3 Å². The van der Waals surface area contributed by atoms with Gasteiger partial charge in [0.25, 0.3) is 12.3 Å². The molecule has 3 aromatic rings. The zero-order chi connectivity index (χ0) is 23.1. The summed E-state index contributed by atoms with van der Waals surface area (Å²) in [5.41, 5.74) is 1.71. The van der Waals surface area contributed by atoms with Gasteiger partial charge in [0.05, 0.1) is 19.9 Å². The van der Waals surface area contributed by atoms with E-state index in [4.69, 9.17) is 14.2 Å². The molecule has 0 aliphatic carbocycles. The van der Waals surface area contributed by atoms with Crippen LogP contribution in [-0.4, -0.2) is 37.3 Å². The van der Waals surface area contributed by atoms with Crippen LogP contribution in [0.1, 0.15) is 11.1 Å². The van der Waals surface area contributed by atoms with E-state index in [-0.39, 0.29) is 18.8 Å². The fourth-order valence-electron chi connectivity index (χ4n) is 3.05. The zero-order valence-electron chi connectivity index (χ0n) is 17.6. The fraction of sp³-hybridized carbons (Fsp3) is 0.261. The molecule has 32 heavy (non-hydrogen) atoms. The van der Waals surface area contributed by atoms with E-state index >= 15 is 0 Å². The van der Waals surface area contributed by atoms with Crippen LogP contribution in [0.15, 0.2) is 54.6 Å². The molecule has 0 unspecified atom stereocenters. The zero-order valence-corrected chi connectivity index (χ0v) is 17.6. The van der Waals surface area contributed by atoms with E-state index in [9.17, 15) is 18.3 Å². The predicted octanol–water partition coefficient (Wildman–Crippen LogP) is 4.79. The number of halogens is 3. The number of anilines is 1. The summed E-state index contributed by atoms with van der Waals surface area (Å²) in [6, 6.07) is 15.6. The van der Waals surface area contributed by atoms with Crippen molar-refractivity contribution in [3.05, 3.63) is 71.7 Å². The van der Waals surface area contributed by atoms with Gasteiger partial charge in [-0.3, -0.25) is 0 Å². The third-order valence-corrected chi connectivity index (χ3v) is 4.66. The van der Waals surface area contributed by atoms with E-state index in [2.05, 4.69) is 4.98 Å². The van der Waals surface area contributed by atoms with Crippen LogP contribution in [0.5, 0.6) is 23.1 Å². The van der Waals surface area contributed by atoms with Gasteiger partial charge in [-0.05, 0) is 35.4 Å². The normalized spacial score (nSPS) is 10.8. The molecule has 2 aromatic carbocycles. The minimum Gasteiger partial charge on any atom is -0.503 e. The highest BCUT2D eigenvalue weighted by molar-refractivity contribution is 5.54. The van der Waals surface area contributed by atoms with Crippen molar-refractivity contribution in [2.45, 2.75) is 19.5 Å². The summed E-state index contributed by atoms with van der Waals surface area (Å²) in [4.78, 5) is 5.22. The van der Waals surface area contributed by atoms with Crippen molar-refractivity contribution >= 4 is 5.69 Å².